The molecule has 3 amide bonds. The summed E-state index contributed by atoms with van der Waals surface area (Å²) in [4.78, 5) is 29.6. The van der Waals surface area contributed by atoms with Crippen LogP contribution in [0.25, 0.3) is 0 Å². The number of hydrogen-bond acceptors (Lipinski definition) is 5. The quantitative estimate of drug-likeness (QED) is 0.675. The minimum atomic E-state index is -1.18. The number of β-amino-alcohol motifs (C(OH)–C–C–N with tert-alkyl or cyclic N) is 1. The molecule has 2 saturated heterocycles. The summed E-state index contributed by atoms with van der Waals surface area (Å²) < 4.78 is 5.33. The van der Waals surface area contributed by atoms with Gasteiger partial charge in [0.25, 0.3) is 5.91 Å². The van der Waals surface area contributed by atoms with E-state index in [4.69, 9.17) is 4.74 Å². The molecule has 2 aliphatic heterocycles. The van der Waals surface area contributed by atoms with Crippen LogP contribution in [0.5, 0.6) is 0 Å². The smallest absolute Gasteiger partial charge is 0.325 e. The molecule has 0 spiro atoms. The minimum absolute atomic E-state index is 0.0363. The molecule has 0 unspecified atom stereocenters. The highest BCUT2D eigenvalue weighted by atomic mass is 16.5. The van der Waals surface area contributed by atoms with Gasteiger partial charge >= 0.3 is 6.03 Å². The molecule has 0 saturated carbocycles. The molecule has 7 heteroatoms. The van der Waals surface area contributed by atoms with Crippen molar-refractivity contribution in [2.45, 2.75) is 18.1 Å². The van der Waals surface area contributed by atoms with Crippen molar-refractivity contribution < 1.29 is 19.4 Å². The standard InChI is InChI=1S/C23H27N3O4/c27-20(16-25-11-13-30-14-12-25)17-26-21(28)23(24-22(26)29,19-9-5-2-6-10-19)15-18-7-3-1-4-8-18/h1-10,20,27H,11-17H2,(H,24,29)/t20-,23+/m1/s1. The summed E-state index contributed by atoms with van der Waals surface area (Å²) >= 11 is 0. The first-order valence-corrected chi connectivity index (χ1v) is 10.3. The van der Waals surface area contributed by atoms with Gasteiger partial charge in [-0.3, -0.25) is 14.6 Å². The second kappa shape index (κ2) is 8.95. The van der Waals surface area contributed by atoms with Crippen LogP contribution in [0.3, 0.4) is 0 Å². The highest BCUT2D eigenvalue weighted by Crippen LogP contribution is 2.33. The average molecular weight is 409 g/mol. The van der Waals surface area contributed by atoms with Gasteiger partial charge < -0.3 is 15.2 Å². The average Bonchev–Trinajstić information content (AvgIpc) is 3.01. The van der Waals surface area contributed by atoms with Crippen molar-refractivity contribution in [1.82, 2.24) is 15.1 Å². The molecule has 2 aromatic carbocycles. The van der Waals surface area contributed by atoms with E-state index in [1.165, 1.54) is 0 Å². The Kier molecular flexibility index (Phi) is 6.13. The molecular weight excluding hydrogens is 382 g/mol. The summed E-state index contributed by atoms with van der Waals surface area (Å²) in [6.45, 7) is 3.09. The second-order valence-corrected chi connectivity index (χ2v) is 7.85. The lowest BCUT2D eigenvalue weighted by Gasteiger charge is -2.30. The number of imide groups is 1. The van der Waals surface area contributed by atoms with Crippen LogP contribution in [0.1, 0.15) is 11.1 Å². The Morgan fingerprint density at radius 3 is 2.27 bits per heavy atom. The number of nitrogens with one attached hydrogen (secondary N) is 1. The number of aliphatic hydroxyl groups is 1. The topological polar surface area (TPSA) is 82.1 Å². The highest BCUT2D eigenvalue weighted by Gasteiger charge is 2.52. The Morgan fingerprint density at radius 2 is 1.60 bits per heavy atom. The molecule has 2 heterocycles. The van der Waals surface area contributed by atoms with E-state index in [1.807, 2.05) is 60.7 Å². The maximum atomic E-state index is 13.6. The van der Waals surface area contributed by atoms with Crippen LogP contribution in [-0.4, -0.2) is 72.3 Å². The van der Waals surface area contributed by atoms with Crippen molar-refractivity contribution in [2.24, 2.45) is 0 Å². The number of carbonyl (C=O) groups is 2. The second-order valence-electron chi connectivity index (χ2n) is 7.85. The van der Waals surface area contributed by atoms with Gasteiger partial charge in [-0.1, -0.05) is 60.7 Å². The summed E-state index contributed by atoms with van der Waals surface area (Å²) in [5.41, 5.74) is 0.501. The first-order valence-electron chi connectivity index (χ1n) is 10.3. The first-order chi connectivity index (χ1) is 14.6. The van der Waals surface area contributed by atoms with Gasteiger partial charge in [0.05, 0.1) is 25.9 Å². The monoisotopic (exact) mass is 409 g/mol. The van der Waals surface area contributed by atoms with E-state index in [2.05, 4.69) is 10.2 Å². The van der Waals surface area contributed by atoms with Gasteiger partial charge in [-0.05, 0) is 11.1 Å². The van der Waals surface area contributed by atoms with Crippen molar-refractivity contribution in [3.8, 4) is 0 Å². The van der Waals surface area contributed by atoms with Crippen molar-refractivity contribution in [3.63, 3.8) is 0 Å². The van der Waals surface area contributed by atoms with Crippen molar-refractivity contribution >= 4 is 11.9 Å². The fourth-order valence-electron chi connectivity index (χ4n) is 4.18. The summed E-state index contributed by atoms with van der Waals surface area (Å²) in [6, 6.07) is 18.5. The van der Waals surface area contributed by atoms with E-state index in [9.17, 15) is 14.7 Å². The van der Waals surface area contributed by atoms with Crippen molar-refractivity contribution in [2.75, 3.05) is 39.4 Å². The molecule has 2 aromatic rings. The molecule has 30 heavy (non-hydrogen) atoms. The number of ether oxygens (including phenoxy) is 1. The molecule has 4 rings (SSSR count). The van der Waals surface area contributed by atoms with Gasteiger partial charge in [0.1, 0.15) is 0 Å². The van der Waals surface area contributed by atoms with Gasteiger partial charge in [0, 0.05) is 26.1 Å². The van der Waals surface area contributed by atoms with Crippen LogP contribution in [0.2, 0.25) is 0 Å². The fraction of sp³-hybridized carbons (Fsp3) is 0.391. The zero-order valence-electron chi connectivity index (χ0n) is 16.9. The van der Waals surface area contributed by atoms with Crippen LogP contribution < -0.4 is 5.32 Å². The third-order valence-electron chi connectivity index (χ3n) is 5.72. The molecule has 0 radical (unpaired) electrons. The number of benzene rings is 2. The number of amides is 3. The van der Waals surface area contributed by atoms with Crippen LogP contribution in [0, 0.1) is 0 Å². The molecule has 2 aliphatic rings. The zero-order chi connectivity index (χ0) is 21.0. The summed E-state index contributed by atoms with van der Waals surface area (Å²) in [6.07, 6.45) is -0.473. The molecular formula is C23H27N3O4. The number of urea groups is 1. The van der Waals surface area contributed by atoms with E-state index in [1.54, 1.807) is 0 Å². The Morgan fingerprint density at radius 1 is 0.967 bits per heavy atom. The number of hydrogen-bond donors (Lipinski definition) is 2. The largest absolute Gasteiger partial charge is 0.390 e. The molecule has 158 valence electrons. The zero-order valence-corrected chi connectivity index (χ0v) is 16.9. The van der Waals surface area contributed by atoms with Gasteiger partial charge in [-0.2, -0.15) is 0 Å². The van der Waals surface area contributed by atoms with Gasteiger partial charge in [0.2, 0.25) is 0 Å². The lowest BCUT2D eigenvalue weighted by atomic mass is 9.83. The molecule has 7 nitrogen and oxygen atoms in total. The van der Waals surface area contributed by atoms with Gasteiger partial charge in [-0.15, -0.1) is 0 Å². The summed E-state index contributed by atoms with van der Waals surface area (Å²) in [5.74, 6) is -0.330. The van der Waals surface area contributed by atoms with Crippen LogP contribution in [0.4, 0.5) is 4.79 Å². The van der Waals surface area contributed by atoms with Gasteiger partial charge in [-0.25, -0.2) is 4.79 Å². The number of rotatable bonds is 7. The number of morpholine rings is 1. The van der Waals surface area contributed by atoms with E-state index in [0.29, 0.717) is 26.2 Å². The van der Waals surface area contributed by atoms with E-state index < -0.39 is 17.7 Å². The van der Waals surface area contributed by atoms with Gasteiger partial charge in [0.15, 0.2) is 5.54 Å². The minimum Gasteiger partial charge on any atom is -0.390 e. The Hall–Kier alpha value is -2.74. The highest BCUT2D eigenvalue weighted by molar-refractivity contribution is 6.07. The van der Waals surface area contributed by atoms with Crippen LogP contribution >= 0.6 is 0 Å². The molecule has 2 N–H and O–H groups in total. The molecule has 0 aliphatic carbocycles. The summed E-state index contributed by atoms with van der Waals surface area (Å²) in [7, 11) is 0. The maximum Gasteiger partial charge on any atom is 0.325 e. The number of carbonyl (C=O) groups excluding carboxylic acids is 2. The Balaban J connectivity index is 1.56. The van der Waals surface area contributed by atoms with Crippen LogP contribution in [-0.2, 0) is 21.5 Å². The predicted molar refractivity (Wildman–Crippen MR) is 112 cm³/mol. The summed E-state index contributed by atoms with van der Waals surface area (Å²) in [5, 5.41) is 13.5. The normalized spacial score (nSPS) is 23.4. The third kappa shape index (κ3) is 4.23. The van der Waals surface area contributed by atoms with Crippen molar-refractivity contribution in [3.05, 3.63) is 71.8 Å². The van der Waals surface area contributed by atoms with Crippen LogP contribution in [0.15, 0.2) is 60.7 Å². The number of nitrogens with zero attached hydrogens (tertiary/aromatic N) is 2. The van der Waals surface area contributed by atoms with E-state index in [-0.39, 0.29) is 12.5 Å². The molecule has 2 fully saturated rings. The molecule has 0 bridgehead atoms. The van der Waals surface area contributed by atoms with Crippen molar-refractivity contribution in [1.29, 1.82) is 0 Å². The lowest BCUT2D eigenvalue weighted by molar-refractivity contribution is -0.132. The maximum absolute atomic E-state index is 13.6. The van der Waals surface area contributed by atoms with E-state index in [0.717, 1.165) is 29.1 Å². The van der Waals surface area contributed by atoms with E-state index >= 15 is 0 Å². The Bertz CT molecular complexity index is 871. The SMILES string of the molecule is O=C1N[C@@](Cc2ccccc2)(c2ccccc2)C(=O)N1C[C@H](O)CN1CCOCC1. The molecule has 0 aromatic heterocycles. The fourth-order valence-corrected chi connectivity index (χ4v) is 4.18. The Labute approximate surface area is 176 Å². The number of aliphatic hydroxyl groups excluding tert-OH is 1. The predicted octanol–water partition coefficient (Wildman–Crippen LogP) is 1.37. The lowest BCUT2D eigenvalue weighted by Crippen LogP contribution is -2.48. The third-order valence-corrected chi connectivity index (χ3v) is 5.72. The molecule has 2 atom stereocenters. The first kappa shape index (κ1) is 20.5.